The average Bonchev–Trinajstić information content (AvgIpc) is 2.65. The fourth-order valence-corrected chi connectivity index (χ4v) is 2.77. The maximum atomic E-state index is 12.2. The van der Waals surface area contributed by atoms with E-state index < -0.39 is 0 Å². The van der Waals surface area contributed by atoms with Gasteiger partial charge in [0.2, 0.25) is 5.91 Å². The Labute approximate surface area is 149 Å². The van der Waals surface area contributed by atoms with Gasteiger partial charge in [0.25, 0.3) is 0 Å². The lowest BCUT2D eigenvalue weighted by atomic mass is 10.0. The molecule has 0 heterocycles. The normalized spacial score (nSPS) is 12.0. The molecule has 0 saturated carbocycles. The highest BCUT2D eigenvalue weighted by Gasteiger charge is 2.17. The van der Waals surface area contributed by atoms with Gasteiger partial charge >= 0.3 is 0 Å². The number of anilines is 1. The molecule has 0 spiro atoms. The molecule has 1 amide bonds. The minimum Gasteiger partial charge on any atom is -0.497 e. The molecule has 2 rings (SSSR count). The maximum absolute atomic E-state index is 12.2. The smallest absolute Gasteiger partial charge is 0.225 e. The van der Waals surface area contributed by atoms with Crippen LogP contribution in [0.4, 0.5) is 5.69 Å². The van der Waals surface area contributed by atoms with Crippen molar-refractivity contribution in [1.82, 2.24) is 4.90 Å². The number of carbonyl (C=O) groups is 1. The predicted molar refractivity (Wildman–Crippen MR) is 99.8 cm³/mol. The first-order chi connectivity index (χ1) is 12.1. The summed E-state index contributed by atoms with van der Waals surface area (Å²) in [4.78, 5) is 14.3. The van der Waals surface area contributed by atoms with E-state index in [4.69, 9.17) is 4.74 Å². The summed E-state index contributed by atoms with van der Waals surface area (Å²) in [5, 5.41) is 12.2. The van der Waals surface area contributed by atoms with Crippen LogP contribution in [-0.4, -0.2) is 43.2 Å². The van der Waals surface area contributed by atoms with Gasteiger partial charge in [0.15, 0.2) is 0 Å². The van der Waals surface area contributed by atoms with Gasteiger partial charge in [-0.3, -0.25) is 9.69 Å². The molecule has 0 saturated heterocycles. The van der Waals surface area contributed by atoms with E-state index in [2.05, 4.69) is 10.2 Å². The summed E-state index contributed by atoms with van der Waals surface area (Å²) in [6, 6.07) is 17.4. The zero-order valence-electron chi connectivity index (χ0n) is 14.8. The van der Waals surface area contributed by atoms with Crippen LogP contribution in [-0.2, 0) is 4.79 Å². The molecular weight excluding hydrogens is 316 g/mol. The first kappa shape index (κ1) is 19.0. The van der Waals surface area contributed by atoms with Gasteiger partial charge in [0, 0.05) is 31.3 Å². The topological polar surface area (TPSA) is 61.8 Å². The van der Waals surface area contributed by atoms with Crippen LogP contribution in [0.5, 0.6) is 5.75 Å². The van der Waals surface area contributed by atoms with E-state index in [1.807, 2.05) is 61.6 Å². The molecule has 2 aromatic rings. The Morgan fingerprint density at radius 1 is 1.16 bits per heavy atom. The van der Waals surface area contributed by atoms with Crippen molar-refractivity contribution >= 4 is 11.6 Å². The van der Waals surface area contributed by atoms with Crippen molar-refractivity contribution in [2.75, 3.05) is 32.6 Å². The summed E-state index contributed by atoms with van der Waals surface area (Å²) < 4.78 is 5.10. The molecule has 0 bridgehead atoms. The molecule has 2 aromatic carbocycles. The number of amides is 1. The number of nitrogens with one attached hydrogen (secondary N) is 1. The summed E-state index contributed by atoms with van der Waals surface area (Å²) in [5.74, 6) is 0.722. The van der Waals surface area contributed by atoms with Gasteiger partial charge in [-0.25, -0.2) is 0 Å². The van der Waals surface area contributed by atoms with Crippen molar-refractivity contribution in [2.45, 2.75) is 18.9 Å². The Hall–Kier alpha value is -2.37. The van der Waals surface area contributed by atoms with Crippen molar-refractivity contribution in [3.8, 4) is 5.75 Å². The summed E-state index contributed by atoms with van der Waals surface area (Å²) in [7, 11) is 3.59. The van der Waals surface area contributed by atoms with E-state index in [0.717, 1.165) is 17.0 Å². The second kappa shape index (κ2) is 9.81. The van der Waals surface area contributed by atoms with Gasteiger partial charge in [-0.1, -0.05) is 30.3 Å². The minimum atomic E-state index is -0.0344. The van der Waals surface area contributed by atoms with Gasteiger partial charge in [-0.2, -0.15) is 0 Å². The van der Waals surface area contributed by atoms with Gasteiger partial charge in [0.1, 0.15) is 5.75 Å². The molecular formula is C20H26N2O3. The fraction of sp³-hybridized carbons (Fsp3) is 0.350. The van der Waals surface area contributed by atoms with Crippen LogP contribution < -0.4 is 10.1 Å². The third kappa shape index (κ3) is 5.89. The number of hydrogen-bond acceptors (Lipinski definition) is 4. The summed E-state index contributed by atoms with van der Waals surface area (Å²) in [6.45, 7) is 0.726. The van der Waals surface area contributed by atoms with E-state index >= 15 is 0 Å². The van der Waals surface area contributed by atoms with Gasteiger partial charge in [0.05, 0.1) is 7.11 Å². The highest BCUT2D eigenvalue weighted by Crippen LogP contribution is 2.23. The van der Waals surface area contributed by atoms with E-state index in [9.17, 15) is 9.90 Å². The van der Waals surface area contributed by atoms with E-state index in [0.29, 0.717) is 19.4 Å². The first-order valence-electron chi connectivity index (χ1n) is 8.44. The fourth-order valence-electron chi connectivity index (χ4n) is 2.77. The number of methoxy groups -OCH3 is 1. The number of benzene rings is 2. The second-order valence-corrected chi connectivity index (χ2v) is 5.95. The van der Waals surface area contributed by atoms with Gasteiger partial charge in [-0.15, -0.1) is 0 Å². The highest BCUT2D eigenvalue weighted by atomic mass is 16.5. The predicted octanol–water partition coefficient (Wildman–Crippen LogP) is 3.08. The number of aliphatic hydroxyl groups is 1. The number of ether oxygens (including phenoxy) is 1. The van der Waals surface area contributed by atoms with Gasteiger partial charge < -0.3 is 15.2 Å². The van der Waals surface area contributed by atoms with Crippen LogP contribution in [0.1, 0.15) is 24.4 Å². The quantitative estimate of drug-likeness (QED) is 0.735. The second-order valence-electron chi connectivity index (χ2n) is 5.95. The monoisotopic (exact) mass is 342 g/mol. The van der Waals surface area contributed by atoms with E-state index in [1.54, 1.807) is 7.11 Å². The average molecular weight is 342 g/mol. The molecule has 0 aliphatic rings. The van der Waals surface area contributed by atoms with Crippen LogP contribution >= 0.6 is 0 Å². The summed E-state index contributed by atoms with van der Waals surface area (Å²) >= 11 is 0. The Kier molecular flexibility index (Phi) is 7.44. The number of nitrogens with zero attached hydrogens (tertiary/aromatic N) is 1. The Morgan fingerprint density at radius 2 is 1.84 bits per heavy atom. The van der Waals surface area contributed by atoms with Crippen molar-refractivity contribution in [3.63, 3.8) is 0 Å². The Bertz CT molecular complexity index is 644. The van der Waals surface area contributed by atoms with Crippen LogP contribution in [0.3, 0.4) is 0 Å². The summed E-state index contributed by atoms with van der Waals surface area (Å²) in [5.41, 5.74) is 1.90. The largest absolute Gasteiger partial charge is 0.497 e. The molecule has 0 aliphatic carbocycles. The number of aliphatic hydroxyl groups excluding tert-OH is 1. The summed E-state index contributed by atoms with van der Waals surface area (Å²) in [6.07, 6.45) is 1.03. The number of carbonyl (C=O) groups excluding carboxylic acids is 1. The Balaban J connectivity index is 1.88. The Morgan fingerprint density at radius 3 is 2.44 bits per heavy atom. The van der Waals surface area contributed by atoms with Crippen LogP contribution in [0.2, 0.25) is 0 Å². The minimum absolute atomic E-state index is 0.0344. The zero-order chi connectivity index (χ0) is 18.1. The van der Waals surface area contributed by atoms with E-state index in [-0.39, 0.29) is 18.6 Å². The van der Waals surface area contributed by atoms with Crippen LogP contribution in [0.25, 0.3) is 0 Å². The first-order valence-corrected chi connectivity index (χ1v) is 8.44. The van der Waals surface area contributed by atoms with Crippen LogP contribution in [0, 0.1) is 0 Å². The molecule has 5 nitrogen and oxygen atoms in total. The number of hydrogen-bond donors (Lipinski definition) is 2. The molecule has 0 aliphatic heterocycles. The molecule has 2 N–H and O–H groups in total. The van der Waals surface area contributed by atoms with E-state index in [1.165, 1.54) is 0 Å². The zero-order valence-corrected chi connectivity index (χ0v) is 14.8. The lowest BCUT2D eigenvalue weighted by molar-refractivity contribution is -0.116. The van der Waals surface area contributed by atoms with Gasteiger partial charge in [-0.05, 0) is 43.3 Å². The molecule has 1 unspecified atom stereocenters. The number of rotatable bonds is 9. The molecule has 25 heavy (non-hydrogen) atoms. The molecule has 0 aromatic heterocycles. The SMILES string of the molecule is COc1ccc(NC(=O)CCN(C)C(CCO)c2ccccc2)cc1. The van der Waals surface area contributed by atoms with Crippen molar-refractivity contribution in [3.05, 3.63) is 60.2 Å². The third-order valence-corrected chi connectivity index (χ3v) is 4.18. The molecule has 0 radical (unpaired) electrons. The highest BCUT2D eigenvalue weighted by molar-refractivity contribution is 5.90. The molecule has 0 fully saturated rings. The standard InChI is InChI=1S/C20H26N2O3/c1-22(19(13-15-23)16-6-4-3-5-7-16)14-12-20(24)21-17-8-10-18(25-2)11-9-17/h3-11,19,23H,12-15H2,1-2H3,(H,21,24). The lowest BCUT2D eigenvalue weighted by Gasteiger charge is -2.28. The molecule has 1 atom stereocenters. The van der Waals surface area contributed by atoms with Crippen molar-refractivity contribution in [1.29, 1.82) is 0 Å². The van der Waals surface area contributed by atoms with Crippen molar-refractivity contribution < 1.29 is 14.6 Å². The third-order valence-electron chi connectivity index (χ3n) is 4.18. The molecule has 134 valence electrons. The molecule has 5 heteroatoms. The maximum Gasteiger partial charge on any atom is 0.225 e. The van der Waals surface area contributed by atoms with Crippen LogP contribution in [0.15, 0.2) is 54.6 Å². The lowest BCUT2D eigenvalue weighted by Crippen LogP contribution is -2.29. The van der Waals surface area contributed by atoms with Crippen molar-refractivity contribution in [2.24, 2.45) is 0 Å².